The molecule has 1 rings (SSSR count). The van der Waals surface area contributed by atoms with Gasteiger partial charge in [0.15, 0.2) is 0 Å². The van der Waals surface area contributed by atoms with Gasteiger partial charge >= 0.3 is 0 Å². The van der Waals surface area contributed by atoms with Crippen molar-refractivity contribution >= 4 is 22.4 Å². The molecule has 17 heavy (non-hydrogen) atoms. The average Bonchev–Trinajstić information content (AvgIpc) is 2.14. The second kappa shape index (κ2) is 6.36. The molecule has 1 atom stereocenters. The molecular weight excluding hydrogens is 260 g/mol. The molecule has 0 aromatic carbocycles. The quantitative estimate of drug-likeness (QED) is 0.854. The van der Waals surface area contributed by atoms with Gasteiger partial charge in [0.2, 0.25) is 10.0 Å². The fraction of sp³-hybridized carbons (Fsp3) is 1.00. The normalized spacial score (nSPS) is 23.2. The first-order chi connectivity index (χ1) is 7.24. The Hall–Kier alpha value is 0.160. The van der Waals surface area contributed by atoms with Crippen molar-refractivity contribution in [3.63, 3.8) is 0 Å². The van der Waals surface area contributed by atoms with E-state index in [0.29, 0.717) is 19.1 Å². The van der Waals surface area contributed by atoms with Crippen LogP contribution in [0.25, 0.3) is 0 Å². The summed E-state index contributed by atoms with van der Waals surface area (Å²) >= 11 is 0. The molecule has 6 heteroatoms. The van der Waals surface area contributed by atoms with Crippen LogP contribution in [0, 0.1) is 5.41 Å². The second-order valence-corrected chi connectivity index (χ2v) is 7.77. The predicted molar refractivity (Wildman–Crippen MR) is 74.1 cm³/mol. The zero-order chi connectivity index (χ0) is 12.4. The lowest BCUT2D eigenvalue weighted by Crippen LogP contribution is -2.48. The van der Waals surface area contributed by atoms with Crippen LogP contribution in [0.2, 0.25) is 0 Å². The summed E-state index contributed by atoms with van der Waals surface area (Å²) in [5.74, 6) is 0.233. The first kappa shape index (κ1) is 17.2. The van der Waals surface area contributed by atoms with Gasteiger partial charge in [-0.15, -0.1) is 12.4 Å². The summed E-state index contributed by atoms with van der Waals surface area (Å²) in [5, 5.41) is 3.16. The molecule has 1 heterocycles. The number of likely N-dealkylation sites (N-methyl/N-ethyl adjacent to an activating group) is 1. The highest BCUT2D eigenvalue weighted by atomic mass is 35.5. The van der Waals surface area contributed by atoms with E-state index < -0.39 is 10.0 Å². The SMILES string of the molecule is CNC1CCCN(S(=O)(=O)CC(C)(C)C)C1.Cl. The van der Waals surface area contributed by atoms with Crippen molar-refractivity contribution in [3.8, 4) is 0 Å². The molecule has 1 unspecified atom stereocenters. The van der Waals surface area contributed by atoms with E-state index in [2.05, 4.69) is 5.32 Å². The van der Waals surface area contributed by atoms with E-state index in [-0.39, 0.29) is 23.6 Å². The van der Waals surface area contributed by atoms with Crippen molar-refractivity contribution in [1.29, 1.82) is 0 Å². The van der Waals surface area contributed by atoms with Gasteiger partial charge < -0.3 is 5.32 Å². The highest BCUT2D eigenvalue weighted by molar-refractivity contribution is 7.89. The number of rotatable bonds is 3. The molecule has 1 N–H and O–H groups in total. The summed E-state index contributed by atoms with van der Waals surface area (Å²) in [5.41, 5.74) is -0.175. The van der Waals surface area contributed by atoms with Crippen molar-refractivity contribution in [1.82, 2.24) is 9.62 Å². The van der Waals surface area contributed by atoms with Gasteiger partial charge in [-0.05, 0) is 25.3 Å². The number of piperidine rings is 1. The maximum Gasteiger partial charge on any atom is 0.214 e. The Morgan fingerprint density at radius 2 is 1.94 bits per heavy atom. The molecule has 0 aliphatic carbocycles. The van der Waals surface area contributed by atoms with Gasteiger partial charge in [0.25, 0.3) is 0 Å². The Morgan fingerprint density at radius 1 is 1.35 bits per heavy atom. The zero-order valence-electron chi connectivity index (χ0n) is 11.2. The summed E-state index contributed by atoms with van der Waals surface area (Å²) in [4.78, 5) is 0. The monoisotopic (exact) mass is 284 g/mol. The van der Waals surface area contributed by atoms with Crippen LogP contribution in [0.15, 0.2) is 0 Å². The average molecular weight is 285 g/mol. The molecule has 0 aromatic rings. The maximum absolute atomic E-state index is 12.2. The smallest absolute Gasteiger partial charge is 0.214 e. The fourth-order valence-electron chi connectivity index (χ4n) is 2.07. The number of hydrogen-bond donors (Lipinski definition) is 1. The van der Waals surface area contributed by atoms with Gasteiger partial charge in [0.1, 0.15) is 0 Å². The van der Waals surface area contributed by atoms with Crippen LogP contribution < -0.4 is 5.32 Å². The maximum atomic E-state index is 12.2. The minimum absolute atomic E-state index is 0. The molecule has 4 nitrogen and oxygen atoms in total. The molecular formula is C11H25ClN2O2S. The molecule has 0 amide bonds. The van der Waals surface area contributed by atoms with Gasteiger partial charge in [0, 0.05) is 19.1 Å². The van der Waals surface area contributed by atoms with Gasteiger partial charge in [-0.1, -0.05) is 20.8 Å². The largest absolute Gasteiger partial charge is 0.316 e. The Labute approximate surface area is 112 Å². The summed E-state index contributed by atoms with van der Waals surface area (Å²) in [6.45, 7) is 7.18. The minimum Gasteiger partial charge on any atom is -0.316 e. The van der Waals surface area contributed by atoms with Gasteiger partial charge in [0.05, 0.1) is 5.75 Å². The topological polar surface area (TPSA) is 49.4 Å². The van der Waals surface area contributed by atoms with Crippen LogP contribution in [-0.2, 0) is 10.0 Å². The molecule has 0 spiro atoms. The minimum atomic E-state index is -3.09. The highest BCUT2D eigenvalue weighted by Gasteiger charge is 2.31. The fourth-order valence-corrected chi connectivity index (χ4v) is 4.16. The molecule has 1 aliphatic heterocycles. The van der Waals surface area contributed by atoms with Crippen molar-refractivity contribution in [2.24, 2.45) is 5.41 Å². The number of hydrogen-bond acceptors (Lipinski definition) is 3. The third kappa shape index (κ3) is 5.55. The molecule has 0 saturated carbocycles. The number of sulfonamides is 1. The summed E-state index contributed by atoms with van der Waals surface area (Å²) in [7, 11) is -1.20. The lowest BCUT2D eigenvalue weighted by Gasteiger charge is -2.33. The zero-order valence-corrected chi connectivity index (χ0v) is 12.8. The van der Waals surface area contributed by atoms with Crippen molar-refractivity contribution in [2.75, 3.05) is 25.9 Å². The Kier molecular flexibility index (Phi) is 6.42. The lowest BCUT2D eigenvalue weighted by molar-refractivity contribution is 0.288. The molecule has 104 valence electrons. The van der Waals surface area contributed by atoms with Crippen LogP contribution >= 0.6 is 12.4 Å². The van der Waals surface area contributed by atoms with Gasteiger partial charge in [-0.2, -0.15) is 0 Å². The number of nitrogens with zero attached hydrogens (tertiary/aromatic N) is 1. The number of nitrogens with one attached hydrogen (secondary N) is 1. The number of halogens is 1. The first-order valence-electron chi connectivity index (χ1n) is 5.90. The molecule has 1 aliphatic rings. The van der Waals surface area contributed by atoms with Gasteiger partial charge in [-0.3, -0.25) is 0 Å². The van der Waals surface area contributed by atoms with E-state index >= 15 is 0 Å². The van der Waals surface area contributed by atoms with Crippen LogP contribution in [0.5, 0.6) is 0 Å². The van der Waals surface area contributed by atoms with Crippen LogP contribution in [0.3, 0.4) is 0 Å². The van der Waals surface area contributed by atoms with Crippen molar-refractivity contribution < 1.29 is 8.42 Å². The molecule has 0 aromatic heterocycles. The van der Waals surface area contributed by atoms with Crippen molar-refractivity contribution in [3.05, 3.63) is 0 Å². The van der Waals surface area contributed by atoms with E-state index in [4.69, 9.17) is 0 Å². The standard InChI is InChI=1S/C11H24N2O2S.ClH/c1-11(2,3)9-16(14,15)13-7-5-6-10(8-13)12-4;/h10,12H,5-9H2,1-4H3;1H. The van der Waals surface area contributed by atoms with E-state index in [1.807, 2.05) is 27.8 Å². The van der Waals surface area contributed by atoms with E-state index in [9.17, 15) is 8.42 Å². The molecule has 1 fully saturated rings. The first-order valence-corrected chi connectivity index (χ1v) is 7.50. The summed E-state index contributed by atoms with van der Waals surface area (Å²) in [6.07, 6.45) is 2.02. The summed E-state index contributed by atoms with van der Waals surface area (Å²) in [6, 6.07) is 0.309. The van der Waals surface area contributed by atoms with Crippen molar-refractivity contribution in [2.45, 2.75) is 39.7 Å². The molecule has 0 radical (unpaired) electrons. The van der Waals surface area contributed by atoms with E-state index in [0.717, 1.165) is 12.8 Å². The summed E-state index contributed by atoms with van der Waals surface area (Å²) < 4.78 is 26.0. The Balaban J connectivity index is 0.00000256. The van der Waals surface area contributed by atoms with Crippen LogP contribution in [0.1, 0.15) is 33.6 Å². The highest BCUT2D eigenvalue weighted by Crippen LogP contribution is 2.21. The Morgan fingerprint density at radius 3 is 2.41 bits per heavy atom. The lowest BCUT2D eigenvalue weighted by atomic mass is 10.0. The third-order valence-corrected chi connectivity index (χ3v) is 5.15. The third-order valence-electron chi connectivity index (χ3n) is 2.80. The second-order valence-electron chi connectivity index (χ2n) is 5.80. The predicted octanol–water partition coefficient (Wildman–Crippen LogP) is 1.47. The molecule has 0 bridgehead atoms. The molecule has 1 saturated heterocycles. The van der Waals surface area contributed by atoms with Crippen LogP contribution in [-0.4, -0.2) is 44.7 Å². The van der Waals surface area contributed by atoms with Crippen LogP contribution in [0.4, 0.5) is 0 Å². The van der Waals surface area contributed by atoms with Gasteiger partial charge in [-0.25, -0.2) is 12.7 Å². The van der Waals surface area contributed by atoms with E-state index in [1.54, 1.807) is 4.31 Å². The Bertz CT molecular complexity index is 325. The van der Waals surface area contributed by atoms with E-state index in [1.165, 1.54) is 0 Å².